The zero-order valence-corrected chi connectivity index (χ0v) is 8.07. The molecule has 1 amide bonds. The van der Waals surface area contributed by atoms with Crippen LogP contribution in [0.3, 0.4) is 0 Å². The van der Waals surface area contributed by atoms with Crippen LogP contribution >= 0.6 is 0 Å². The van der Waals surface area contributed by atoms with Crippen molar-refractivity contribution in [2.75, 3.05) is 0 Å². The summed E-state index contributed by atoms with van der Waals surface area (Å²) < 4.78 is 0. The molecule has 1 saturated carbocycles. The van der Waals surface area contributed by atoms with Crippen molar-refractivity contribution in [3.05, 3.63) is 30.1 Å². The Labute approximate surface area is 83.5 Å². The summed E-state index contributed by atoms with van der Waals surface area (Å²) in [5.41, 5.74) is 0.917. The van der Waals surface area contributed by atoms with Crippen LogP contribution in [-0.4, -0.2) is 10.9 Å². The Morgan fingerprint density at radius 2 is 2.36 bits per heavy atom. The average Bonchev–Trinajstić information content (AvgIpc) is 2.14. The number of carbonyl (C=O) groups is 1. The van der Waals surface area contributed by atoms with Crippen molar-refractivity contribution < 1.29 is 4.79 Å². The number of pyridine rings is 1. The summed E-state index contributed by atoms with van der Waals surface area (Å²) in [6.07, 6.45) is 5.04. The fourth-order valence-electron chi connectivity index (χ4n) is 1.50. The molecular formula is C11H14N2O. The number of aromatic nitrogens is 1. The summed E-state index contributed by atoms with van der Waals surface area (Å²) in [5.74, 6) is 0.445. The summed E-state index contributed by atoms with van der Waals surface area (Å²) in [6, 6.07) is 5.72. The molecule has 0 aliphatic heterocycles. The predicted molar refractivity (Wildman–Crippen MR) is 53.4 cm³/mol. The Morgan fingerprint density at radius 1 is 1.50 bits per heavy atom. The number of rotatable bonds is 3. The zero-order chi connectivity index (χ0) is 9.80. The van der Waals surface area contributed by atoms with Crippen molar-refractivity contribution in [2.24, 2.45) is 5.92 Å². The first kappa shape index (κ1) is 9.19. The van der Waals surface area contributed by atoms with Crippen molar-refractivity contribution in [2.45, 2.75) is 25.8 Å². The number of hydrogen-bond acceptors (Lipinski definition) is 2. The highest BCUT2D eigenvalue weighted by Gasteiger charge is 2.24. The third kappa shape index (κ3) is 2.10. The molecule has 0 radical (unpaired) electrons. The molecule has 1 aromatic heterocycles. The van der Waals surface area contributed by atoms with E-state index in [9.17, 15) is 4.79 Å². The van der Waals surface area contributed by atoms with Crippen molar-refractivity contribution in [1.29, 1.82) is 0 Å². The van der Waals surface area contributed by atoms with Crippen LogP contribution in [0.1, 0.15) is 25.0 Å². The van der Waals surface area contributed by atoms with Gasteiger partial charge in [0.05, 0.1) is 12.2 Å². The molecule has 1 aliphatic rings. The van der Waals surface area contributed by atoms with Crippen molar-refractivity contribution >= 4 is 5.91 Å². The molecule has 1 fully saturated rings. The molecule has 2 rings (SSSR count). The van der Waals surface area contributed by atoms with Gasteiger partial charge in [-0.3, -0.25) is 9.78 Å². The predicted octanol–water partition coefficient (Wildman–Crippen LogP) is 1.50. The summed E-state index contributed by atoms with van der Waals surface area (Å²) in [6.45, 7) is 0.552. The molecule has 0 bridgehead atoms. The second kappa shape index (κ2) is 4.22. The van der Waals surface area contributed by atoms with Gasteiger partial charge in [0.15, 0.2) is 0 Å². The summed E-state index contributed by atoms with van der Waals surface area (Å²) >= 11 is 0. The van der Waals surface area contributed by atoms with Crippen LogP contribution in [0.5, 0.6) is 0 Å². The summed E-state index contributed by atoms with van der Waals surface area (Å²) in [4.78, 5) is 15.6. The molecular weight excluding hydrogens is 176 g/mol. The van der Waals surface area contributed by atoms with Crippen LogP contribution in [0.4, 0.5) is 0 Å². The Bertz CT molecular complexity index is 306. The molecule has 3 heteroatoms. The molecule has 0 spiro atoms. The van der Waals surface area contributed by atoms with Crippen molar-refractivity contribution in [3.63, 3.8) is 0 Å². The smallest absolute Gasteiger partial charge is 0.223 e. The molecule has 0 saturated heterocycles. The quantitative estimate of drug-likeness (QED) is 0.784. The normalized spacial score (nSPS) is 16.0. The van der Waals surface area contributed by atoms with E-state index < -0.39 is 0 Å². The third-order valence-corrected chi connectivity index (χ3v) is 2.65. The van der Waals surface area contributed by atoms with Gasteiger partial charge in [-0.05, 0) is 25.0 Å². The van der Waals surface area contributed by atoms with E-state index in [-0.39, 0.29) is 11.8 Å². The lowest BCUT2D eigenvalue weighted by molar-refractivity contribution is -0.127. The standard InChI is InChI=1S/C11H14N2O/c14-11(9-4-3-5-9)13-8-10-6-1-2-7-12-10/h1-2,6-7,9H,3-5,8H2,(H,13,14). The Morgan fingerprint density at radius 3 is 2.93 bits per heavy atom. The minimum Gasteiger partial charge on any atom is -0.350 e. The van der Waals surface area contributed by atoms with Gasteiger partial charge in [0.2, 0.25) is 5.91 Å². The molecule has 0 aromatic carbocycles. The van der Waals surface area contributed by atoms with Gasteiger partial charge in [-0.2, -0.15) is 0 Å². The number of amides is 1. The summed E-state index contributed by atoms with van der Waals surface area (Å²) in [7, 11) is 0. The maximum absolute atomic E-state index is 11.5. The van der Waals surface area contributed by atoms with Gasteiger partial charge in [-0.25, -0.2) is 0 Å². The molecule has 1 aliphatic carbocycles. The molecule has 74 valence electrons. The fourth-order valence-corrected chi connectivity index (χ4v) is 1.50. The van der Waals surface area contributed by atoms with Gasteiger partial charge in [-0.15, -0.1) is 0 Å². The van der Waals surface area contributed by atoms with E-state index in [4.69, 9.17) is 0 Å². The Kier molecular flexibility index (Phi) is 2.77. The second-order valence-corrected chi connectivity index (χ2v) is 3.67. The van der Waals surface area contributed by atoms with Gasteiger partial charge >= 0.3 is 0 Å². The average molecular weight is 190 g/mol. The molecule has 3 nitrogen and oxygen atoms in total. The number of hydrogen-bond donors (Lipinski definition) is 1. The second-order valence-electron chi connectivity index (χ2n) is 3.67. The van der Waals surface area contributed by atoms with Crippen LogP contribution in [0.2, 0.25) is 0 Å². The Balaban J connectivity index is 1.79. The van der Waals surface area contributed by atoms with E-state index in [0.29, 0.717) is 6.54 Å². The van der Waals surface area contributed by atoms with Gasteiger partial charge in [0.1, 0.15) is 0 Å². The first-order valence-electron chi connectivity index (χ1n) is 5.04. The topological polar surface area (TPSA) is 42.0 Å². The molecule has 0 unspecified atom stereocenters. The van der Waals surface area contributed by atoms with E-state index in [0.717, 1.165) is 18.5 Å². The highest BCUT2D eigenvalue weighted by Crippen LogP contribution is 2.26. The van der Waals surface area contributed by atoms with Gasteiger partial charge in [-0.1, -0.05) is 12.5 Å². The molecule has 14 heavy (non-hydrogen) atoms. The Hall–Kier alpha value is -1.38. The van der Waals surface area contributed by atoms with E-state index in [1.54, 1.807) is 6.20 Å². The van der Waals surface area contributed by atoms with Crippen LogP contribution < -0.4 is 5.32 Å². The summed E-state index contributed by atoms with van der Waals surface area (Å²) in [5, 5.41) is 2.90. The number of nitrogens with one attached hydrogen (secondary N) is 1. The zero-order valence-electron chi connectivity index (χ0n) is 8.07. The fraction of sp³-hybridized carbons (Fsp3) is 0.455. The molecule has 1 aromatic rings. The van der Waals surface area contributed by atoms with Crippen molar-refractivity contribution in [3.8, 4) is 0 Å². The highest BCUT2D eigenvalue weighted by molar-refractivity contribution is 5.79. The maximum atomic E-state index is 11.5. The lowest BCUT2D eigenvalue weighted by Crippen LogP contribution is -2.34. The third-order valence-electron chi connectivity index (χ3n) is 2.65. The highest BCUT2D eigenvalue weighted by atomic mass is 16.1. The van der Waals surface area contributed by atoms with Crippen LogP contribution in [0.25, 0.3) is 0 Å². The van der Waals surface area contributed by atoms with Crippen LogP contribution in [-0.2, 0) is 11.3 Å². The van der Waals surface area contributed by atoms with E-state index in [1.807, 2.05) is 18.2 Å². The van der Waals surface area contributed by atoms with Gasteiger partial charge < -0.3 is 5.32 Å². The molecule has 1 heterocycles. The minimum atomic E-state index is 0.182. The minimum absolute atomic E-state index is 0.182. The number of carbonyl (C=O) groups excluding carboxylic acids is 1. The van der Waals surface area contributed by atoms with E-state index >= 15 is 0 Å². The molecule has 0 atom stereocenters. The van der Waals surface area contributed by atoms with Crippen LogP contribution in [0.15, 0.2) is 24.4 Å². The lowest BCUT2D eigenvalue weighted by atomic mass is 9.85. The van der Waals surface area contributed by atoms with Gasteiger partial charge in [0.25, 0.3) is 0 Å². The molecule has 1 N–H and O–H groups in total. The van der Waals surface area contributed by atoms with E-state index in [2.05, 4.69) is 10.3 Å². The first-order chi connectivity index (χ1) is 6.86. The first-order valence-corrected chi connectivity index (χ1v) is 5.04. The largest absolute Gasteiger partial charge is 0.350 e. The lowest BCUT2D eigenvalue weighted by Gasteiger charge is -2.23. The van der Waals surface area contributed by atoms with E-state index in [1.165, 1.54) is 6.42 Å². The number of nitrogens with zero attached hydrogens (tertiary/aromatic N) is 1. The van der Waals surface area contributed by atoms with Crippen molar-refractivity contribution in [1.82, 2.24) is 10.3 Å². The van der Waals surface area contributed by atoms with Gasteiger partial charge in [0, 0.05) is 12.1 Å². The monoisotopic (exact) mass is 190 g/mol. The van der Waals surface area contributed by atoms with Crippen LogP contribution in [0, 0.1) is 5.92 Å². The maximum Gasteiger partial charge on any atom is 0.223 e. The SMILES string of the molecule is O=C(NCc1ccccn1)C1CCC1.